The molecule has 6 nitrogen and oxygen atoms in total. The van der Waals surface area contributed by atoms with Gasteiger partial charge in [0.15, 0.2) is 5.82 Å². The number of hydrogen-bond donors (Lipinski definition) is 0. The molecule has 2 heterocycles. The number of nitrogens with zero attached hydrogens (tertiary/aromatic N) is 4. The van der Waals surface area contributed by atoms with Gasteiger partial charge in [-0.05, 0) is 30.7 Å². The molecule has 1 amide bonds. The third kappa shape index (κ3) is 5.05. The van der Waals surface area contributed by atoms with Crippen LogP contribution >= 0.6 is 0 Å². The lowest BCUT2D eigenvalue weighted by molar-refractivity contribution is -0.131. The van der Waals surface area contributed by atoms with Crippen molar-refractivity contribution in [3.63, 3.8) is 0 Å². The summed E-state index contributed by atoms with van der Waals surface area (Å²) in [5.41, 5.74) is 0.858. The summed E-state index contributed by atoms with van der Waals surface area (Å²) in [6.07, 6.45) is 1.79. The summed E-state index contributed by atoms with van der Waals surface area (Å²) in [6.45, 7) is 9.01. The van der Waals surface area contributed by atoms with Gasteiger partial charge < -0.3 is 14.3 Å². The van der Waals surface area contributed by atoms with E-state index in [2.05, 4.69) is 15.0 Å². The molecule has 1 saturated heterocycles. The minimum Gasteiger partial charge on any atom is -0.368 e. The number of anilines is 1. The van der Waals surface area contributed by atoms with Crippen LogP contribution in [0.4, 0.5) is 10.1 Å². The molecular weight excluding hydrogens is 347 g/mol. The molecule has 27 heavy (non-hydrogen) atoms. The standard InChI is InChI=1S/C20H27FN4O2/c1-20(2,3)19-22-17(27-23-19)5-4-6-18(26)25-13-11-24(12-14-25)16-9-7-15(21)8-10-16/h7-10H,4-6,11-14H2,1-3H3. The van der Waals surface area contributed by atoms with Crippen molar-refractivity contribution in [3.05, 3.63) is 41.8 Å². The first kappa shape index (κ1) is 19.3. The Balaban J connectivity index is 1.42. The minimum absolute atomic E-state index is 0.137. The van der Waals surface area contributed by atoms with Gasteiger partial charge in [0, 0.05) is 50.1 Å². The highest BCUT2D eigenvalue weighted by atomic mass is 19.1. The van der Waals surface area contributed by atoms with E-state index in [-0.39, 0.29) is 17.1 Å². The average molecular weight is 374 g/mol. The summed E-state index contributed by atoms with van der Waals surface area (Å²) in [6, 6.07) is 6.50. The van der Waals surface area contributed by atoms with E-state index in [1.807, 2.05) is 25.7 Å². The summed E-state index contributed by atoms with van der Waals surface area (Å²) >= 11 is 0. The monoisotopic (exact) mass is 374 g/mol. The summed E-state index contributed by atoms with van der Waals surface area (Å²) in [4.78, 5) is 20.9. The van der Waals surface area contributed by atoms with E-state index in [9.17, 15) is 9.18 Å². The van der Waals surface area contributed by atoms with Crippen molar-refractivity contribution < 1.29 is 13.7 Å². The number of aryl methyl sites for hydroxylation is 1. The van der Waals surface area contributed by atoms with Crippen LogP contribution in [0.1, 0.15) is 45.3 Å². The second-order valence-corrected chi connectivity index (χ2v) is 7.96. The van der Waals surface area contributed by atoms with Gasteiger partial charge in [0.25, 0.3) is 0 Å². The lowest BCUT2D eigenvalue weighted by Crippen LogP contribution is -2.48. The summed E-state index contributed by atoms with van der Waals surface area (Å²) in [5.74, 6) is 1.21. The fraction of sp³-hybridized carbons (Fsp3) is 0.550. The van der Waals surface area contributed by atoms with Crippen LogP contribution < -0.4 is 4.90 Å². The largest absolute Gasteiger partial charge is 0.368 e. The lowest BCUT2D eigenvalue weighted by Gasteiger charge is -2.36. The molecule has 0 atom stereocenters. The number of carbonyl (C=O) groups is 1. The number of aromatic nitrogens is 2. The topological polar surface area (TPSA) is 62.5 Å². The van der Waals surface area contributed by atoms with Gasteiger partial charge in [0.1, 0.15) is 5.82 Å². The minimum atomic E-state index is -0.233. The van der Waals surface area contributed by atoms with Crippen LogP contribution in [-0.2, 0) is 16.6 Å². The number of rotatable bonds is 5. The van der Waals surface area contributed by atoms with Gasteiger partial charge in [-0.2, -0.15) is 4.98 Å². The van der Waals surface area contributed by atoms with Crippen LogP contribution in [0.15, 0.2) is 28.8 Å². The number of halogens is 1. The molecule has 1 aromatic carbocycles. The van der Waals surface area contributed by atoms with Crippen molar-refractivity contribution in [2.75, 3.05) is 31.1 Å². The molecule has 3 rings (SSSR count). The number of piperazine rings is 1. The molecule has 7 heteroatoms. The Hall–Kier alpha value is -2.44. The SMILES string of the molecule is CC(C)(C)c1noc(CCCC(=O)N2CCN(c3ccc(F)cc3)CC2)n1. The van der Waals surface area contributed by atoms with Crippen molar-refractivity contribution in [3.8, 4) is 0 Å². The predicted molar refractivity (Wildman–Crippen MR) is 101 cm³/mol. The van der Waals surface area contributed by atoms with Crippen LogP contribution in [0, 0.1) is 5.82 Å². The van der Waals surface area contributed by atoms with Crippen molar-refractivity contribution in [2.24, 2.45) is 0 Å². The van der Waals surface area contributed by atoms with E-state index < -0.39 is 0 Å². The molecule has 2 aromatic rings. The smallest absolute Gasteiger partial charge is 0.226 e. The molecule has 0 spiro atoms. The van der Waals surface area contributed by atoms with Gasteiger partial charge in [-0.1, -0.05) is 25.9 Å². The average Bonchev–Trinajstić information content (AvgIpc) is 3.12. The van der Waals surface area contributed by atoms with Crippen molar-refractivity contribution >= 4 is 11.6 Å². The molecule has 1 aromatic heterocycles. The third-order valence-electron chi connectivity index (χ3n) is 4.74. The summed E-state index contributed by atoms with van der Waals surface area (Å²) in [7, 11) is 0. The molecule has 0 aliphatic carbocycles. The highest BCUT2D eigenvalue weighted by Crippen LogP contribution is 2.20. The normalized spacial score (nSPS) is 15.3. The molecule has 1 aliphatic heterocycles. The maximum absolute atomic E-state index is 13.0. The highest BCUT2D eigenvalue weighted by Gasteiger charge is 2.23. The Kier molecular flexibility index (Phi) is 5.77. The molecule has 1 aliphatic rings. The summed E-state index contributed by atoms with van der Waals surface area (Å²) in [5, 5.41) is 4.01. The Morgan fingerprint density at radius 2 is 1.81 bits per heavy atom. The maximum Gasteiger partial charge on any atom is 0.226 e. The van der Waals surface area contributed by atoms with E-state index >= 15 is 0 Å². The second kappa shape index (κ2) is 8.06. The molecule has 0 radical (unpaired) electrons. The Morgan fingerprint density at radius 3 is 2.41 bits per heavy atom. The Labute approximate surface area is 159 Å². The van der Waals surface area contributed by atoms with Gasteiger partial charge in [-0.15, -0.1) is 0 Å². The van der Waals surface area contributed by atoms with Gasteiger partial charge in [0.2, 0.25) is 11.8 Å². The van der Waals surface area contributed by atoms with Crippen LogP contribution in [0.5, 0.6) is 0 Å². The molecule has 0 unspecified atom stereocenters. The summed E-state index contributed by atoms with van der Waals surface area (Å²) < 4.78 is 18.3. The van der Waals surface area contributed by atoms with Gasteiger partial charge in [-0.25, -0.2) is 4.39 Å². The molecule has 1 fully saturated rings. The number of carbonyl (C=O) groups excluding carboxylic acids is 1. The van der Waals surface area contributed by atoms with E-state index in [0.29, 0.717) is 44.1 Å². The fourth-order valence-corrected chi connectivity index (χ4v) is 3.08. The van der Waals surface area contributed by atoms with Gasteiger partial charge >= 0.3 is 0 Å². The van der Waals surface area contributed by atoms with Gasteiger partial charge in [0.05, 0.1) is 0 Å². The maximum atomic E-state index is 13.0. The molecule has 0 bridgehead atoms. The first-order chi connectivity index (χ1) is 12.8. The molecule has 146 valence electrons. The van der Waals surface area contributed by atoms with Crippen molar-refractivity contribution in [1.29, 1.82) is 0 Å². The molecular formula is C20H27FN4O2. The zero-order valence-electron chi connectivity index (χ0n) is 16.2. The van der Waals surface area contributed by atoms with E-state index in [1.54, 1.807) is 12.1 Å². The van der Waals surface area contributed by atoms with Crippen LogP contribution in [0.2, 0.25) is 0 Å². The van der Waals surface area contributed by atoms with Crippen LogP contribution in [0.3, 0.4) is 0 Å². The van der Waals surface area contributed by atoms with Crippen LogP contribution in [-0.4, -0.2) is 47.1 Å². The quantitative estimate of drug-likeness (QED) is 0.804. The van der Waals surface area contributed by atoms with Gasteiger partial charge in [-0.3, -0.25) is 4.79 Å². The zero-order valence-corrected chi connectivity index (χ0v) is 16.2. The molecule has 0 N–H and O–H groups in total. The molecule has 0 saturated carbocycles. The highest BCUT2D eigenvalue weighted by molar-refractivity contribution is 5.76. The van der Waals surface area contributed by atoms with Crippen molar-refractivity contribution in [1.82, 2.24) is 15.0 Å². The predicted octanol–water partition coefficient (Wildman–Crippen LogP) is 3.18. The van der Waals surface area contributed by atoms with Crippen LogP contribution in [0.25, 0.3) is 0 Å². The number of amides is 1. The van der Waals surface area contributed by atoms with E-state index in [4.69, 9.17) is 4.52 Å². The first-order valence-corrected chi connectivity index (χ1v) is 9.44. The van der Waals surface area contributed by atoms with E-state index in [0.717, 1.165) is 18.8 Å². The second-order valence-electron chi connectivity index (χ2n) is 7.96. The number of benzene rings is 1. The number of hydrogen-bond acceptors (Lipinski definition) is 5. The third-order valence-corrected chi connectivity index (χ3v) is 4.74. The first-order valence-electron chi connectivity index (χ1n) is 9.44. The fourth-order valence-electron chi connectivity index (χ4n) is 3.08. The van der Waals surface area contributed by atoms with Crippen molar-refractivity contribution in [2.45, 2.75) is 45.4 Å². The zero-order chi connectivity index (χ0) is 19.4. The Bertz CT molecular complexity index is 759. The van der Waals surface area contributed by atoms with E-state index in [1.165, 1.54) is 12.1 Å². The lowest BCUT2D eigenvalue weighted by atomic mass is 9.96. The Morgan fingerprint density at radius 1 is 1.15 bits per heavy atom.